The summed E-state index contributed by atoms with van der Waals surface area (Å²) in [5.41, 5.74) is 0. The predicted molar refractivity (Wildman–Crippen MR) is 26.7 cm³/mol. The molecule has 1 rings (SSSR count). The van der Waals surface area contributed by atoms with E-state index in [-0.39, 0.29) is 0 Å². The third-order valence-corrected chi connectivity index (χ3v) is 1.39. The molecule has 1 fully saturated rings. The van der Waals surface area contributed by atoms with Crippen LogP contribution in [0.1, 0.15) is 13.8 Å². The monoisotopic (exact) mass is 85.1 g/mol. The molecule has 0 saturated carbocycles. The number of hydrogen-bond donors (Lipinski definition) is 0. The molecule has 1 aliphatic rings. The summed E-state index contributed by atoms with van der Waals surface area (Å²) in [6, 6.07) is 0.898. The first kappa shape index (κ1) is 4.13. The van der Waals surface area contributed by atoms with Crippen LogP contribution in [-0.2, 0) is 0 Å². The van der Waals surface area contributed by atoms with E-state index in [0.717, 1.165) is 6.04 Å². The molecule has 0 aliphatic carbocycles. The predicted octanol–water partition coefficient (Wildman–Crippen LogP) is 0.710. The Kier molecular flexibility index (Phi) is 0.845. The van der Waals surface area contributed by atoms with Crippen molar-refractivity contribution in [2.75, 3.05) is 13.1 Å². The third kappa shape index (κ3) is 0.548. The molecule has 1 aliphatic heterocycles. The van der Waals surface area contributed by atoms with Gasteiger partial charge >= 0.3 is 0 Å². The second-order valence-corrected chi connectivity index (χ2v) is 1.94. The molecule has 0 aromatic carbocycles. The van der Waals surface area contributed by atoms with E-state index in [2.05, 4.69) is 18.7 Å². The summed E-state index contributed by atoms with van der Waals surface area (Å²) >= 11 is 0. The Labute approximate surface area is 39.0 Å². The van der Waals surface area contributed by atoms with Gasteiger partial charge in [-0.3, -0.25) is 4.90 Å². The molecule has 2 atom stereocenters. The normalized spacial score (nSPS) is 43.0. The van der Waals surface area contributed by atoms with Crippen LogP contribution in [0.2, 0.25) is 0 Å². The van der Waals surface area contributed by atoms with E-state index in [1.165, 1.54) is 13.1 Å². The zero-order valence-electron chi connectivity index (χ0n) is 4.44. The summed E-state index contributed by atoms with van der Waals surface area (Å²) in [5, 5.41) is 0. The van der Waals surface area contributed by atoms with Crippen molar-refractivity contribution < 1.29 is 0 Å². The minimum absolute atomic E-state index is 0.898. The maximum Gasteiger partial charge on any atom is 0.0195 e. The fourth-order valence-electron chi connectivity index (χ4n) is 0.733. The summed E-state index contributed by atoms with van der Waals surface area (Å²) in [6.07, 6.45) is 0. The van der Waals surface area contributed by atoms with Gasteiger partial charge < -0.3 is 0 Å². The lowest BCUT2D eigenvalue weighted by molar-refractivity contribution is 0.550. The molecule has 0 N–H and O–H groups in total. The van der Waals surface area contributed by atoms with Crippen molar-refractivity contribution in [2.24, 2.45) is 0 Å². The lowest BCUT2D eigenvalue weighted by atomic mass is 10.6. The highest BCUT2D eigenvalue weighted by molar-refractivity contribution is 4.82. The van der Waals surface area contributed by atoms with Crippen LogP contribution in [0.3, 0.4) is 0 Å². The number of likely N-dealkylation sites (N-methyl/N-ethyl adjacent to an activating group) is 1. The van der Waals surface area contributed by atoms with Gasteiger partial charge in [-0.2, -0.15) is 0 Å². The number of hydrogen-bond acceptors (Lipinski definition) is 1. The lowest BCUT2D eigenvalue weighted by Crippen LogP contribution is -1.95. The molecule has 0 aromatic rings. The Morgan fingerprint density at radius 3 is 2.33 bits per heavy atom. The van der Waals surface area contributed by atoms with Crippen LogP contribution < -0.4 is 0 Å². The molecular weight excluding hydrogens is 74.1 g/mol. The van der Waals surface area contributed by atoms with Gasteiger partial charge in [-0.15, -0.1) is 0 Å². The van der Waals surface area contributed by atoms with Gasteiger partial charge in [0.1, 0.15) is 0 Å². The van der Waals surface area contributed by atoms with Crippen LogP contribution in [0.15, 0.2) is 0 Å². The van der Waals surface area contributed by atoms with Crippen molar-refractivity contribution >= 4 is 0 Å². The van der Waals surface area contributed by atoms with Gasteiger partial charge in [0.2, 0.25) is 0 Å². The smallest absolute Gasteiger partial charge is 0.0195 e. The number of rotatable bonds is 1. The molecule has 1 saturated heterocycles. The highest BCUT2D eigenvalue weighted by atomic mass is 15.3. The summed E-state index contributed by atoms with van der Waals surface area (Å²) in [4.78, 5) is 2.42. The molecule has 0 aromatic heterocycles. The van der Waals surface area contributed by atoms with Gasteiger partial charge in [0.15, 0.2) is 0 Å². The first-order valence-corrected chi connectivity index (χ1v) is 2.58. The van der Waals surface area contributed by atoms with Crippen molar-refractivity contribution in [2.45, 2.75) is 19.9 Å². The standard InChI is InChI=1S/C5H11N/c1-3-6-4-5(6)2/h5H,3-4H2,1-2H3. The minimum atomic E-state index is 0.898. The molecule has 0 amide bonds. The van der Waals surface area contributed by atoms with E-state index in [0.29, 0.717) is 0 Å². The van der Waals surface area contributed by atoms with Gasteiger partial charge in [0, 0.05) is 12.6 Å². The molecule has 0 bridgehead atoms. The zero-order chi connectivity index (χ0) is 4.57. The van der Waals surface area contributed by atoms with Crippen LogP contribution in [0, 0.1) is 0 Å². The van der Waals surface area contributed by atoms with Crippen molar-refractivity contribution in [3.05, 3.63) is 0 Å². The van der Waals surface area contributed by atoms with Gasteiger partial charge in [-0.05, 0) is 13.5 Å². The first-order valence-electron chi connectivity index (χ1n) is 2.58. The summed E-state index contributed by atoms with van der Waals surface area (Å²) < 4.78 is 0. The molecule has 36 valence electrons. The van der Waals surface area contributed by atoms with Crippen molar-refractivity contribution in [1.82, 2.24) is 4.90 Å². The van der Waals surface area contributed by atoms with Crippen molar-refractivity contribution in [3.63, 3.8) is 0 Å². The highest BCUT2D eigenvalue weighted by Gasteiger charge is 2.25. The molecule has 1 nitrogen and oxygen atoms in total. The van der Waals surface area contributed by atoms with E-state index < -0.39 is 0 Å². The molecule has 0 spiro atoms. The Morgan fingerprint density at radius 1 is 1.83 bits per heavy atom. The van der Waals surface area contributed by atoms with E-state index >= 15 is 0 Å². The Morgan fingerprint density at radius 2 is 2.33 bits per heavy atom. The molecule has 1 heterocycles. The average Bonchev–Trinajstić information content (AvgIpc) is 2.19. The van der Waals surface area contributed by atoms with Crippen molar-refractivity contribution in [1.29, 1.82) is 0 Å². The maximum absolute atomic E-state index is 2.42. The van der Waals surface area contributed by atoms with Crippen LogP contribution in [0.4, 0.5) is 0 Å². The maximum atomic E-state index is 2.42. The SMILES string of the molecule is CCN1CC1C. The van der Waals surface area contributed by atoms with Gasteiger partial charge in [0.25, 0.3) is 0 Å². The second-order valence-electron chi connectivity index (χ2n) is 1.94. The largest absolute Gasteiger partial charge is 0.298 e. The summed E-state index contributed by atoms with van der Waals surface area (Å²) in [5.74, 6) is 0. The van der Waals surface area contributed by atoms with Crippen LogP contribution in [0.5, 0.6) is 0 Å². The van der Waals surface area contributed by atoms with Crippen molar-refractivity contribution in [3.8, 4) is 0 Å². The second kappa shape index (κ2) is 1.23. The lowest BCUT2D eigenvalue weighted by Gasteiger charge is -1.87. The van der Waals surface area contributed by atoms with E-state index in [4.69, 9.17) is 0 Å². The summed E-state index contributed by atoms with van der Waals surface area (Å²) in [7, 11) is 0. The highest BCUT2D eigenvalue weighted by Crippen LogP contribution is 2.13. The quantitative estimate of drug-likeness (QED) is 0.424. The number of nitrogens with zero attached hydrogens (tertiary/aromatic N) is 1. The van der Waals surface area contributed by atoms with Crippen LogP contribution >= 0.6 is 0 Å². The zero-order valence-corrected chi connectivity index (χ0v) is 4.44. The fraction of sp³-hybridized carbons (Fsp3) is 1.00. The van der Waals surface area contributed by atoms with E-state index in [1.807, 2.05) is 0 Å². The fourth-order valence-corrected chi connectivity index (χ4v) is 0.733. The Balaban J connectivity index is 2.09. The van der Waals surface area contributed by atoms with Gasteiger partial charge in [0.05, 0.1) is 0 Å². The van der Waals surface area contributed by atoms with Crippen LogP contribution in [0.25, 0.3) is 0 Å². The molecular formula is C5H11N. The first-order chi connectivity index (χ1) is 2.84. The Bertz CT molecular complexity index is 49.9. The van der Waals surface area contributed by atoms with E-state index in [1.54, 1.807) is 0 Å². The molecule has 0 radical (unpaired) electrons. The minimum Gasteiger partial charge on any atom is -0.298 e. The molecule has 2 unspecified atom stereocenters. The third-order valence-electron chi connectivity index (χ3n) is 1.39. The molecule has 1 heteroatoms. The van der Waals surface area contributed by atoms with Gasteiger partial charge in [-0.1, -0.05) is 6.92 Å². The molecule has 6 heavy (non-hydrogen) atoms. The Hall–Kier alpha value is -0.0400. The van der Waals surface area contributed by atoms with Gasteiger partial charge in [-0.25, -0.2) is 0 Å². The average molecular weight is 85.1 g/mol. The van der Waals surface area contributed by atoms with Crippen LogP contribution in [-0.4, -0.2) is 24.0 Å². The topological polar surface area (TPSA) is 3.01 Å². The summed E-state index contributed by atoms with van der Waals surface area (Å²) in [6.45, 7) is 7.02. The van der Waals surface area contributed by atoms with E-state index in [9.17, 15) is 0 Å².